The van der Waals surface area contributed by atoms with Crippen molar-refractivity contribution in [3.8, 4) is 0 Å². The number of thioether (sulfide) groups is 1. The van der Waals surface area contributed by atoms with Crippen LogP contribution in [0.15, 0.2) is 60.7 Å². The zero-order valence-corrected chi connectivity index (χ0v) is 15.2. The second kappa shape index (κ2) is 10.4. The van der Waals surface area contributed by atoms with E-state index in [-0.39, 0.29) is 29.7 Å². The molecule has 2 aromatic rings. The fourth-order valence-electron chi connectivity index (χ4n) is 2.39. The fourth-order valence-corrected chi connectivity index (χ4v) is 3.20. The van der Waals surface area contributed by atoms with Crippen LogP contribution in [0.5, 0.6) is 0 Å². The molecule has 26 heavy (non-hydrogen) atoms. The molecule has 0 fully saturated rings. The van der Waals surface area contributed by atoms with Crippen molar-refractivity contribution in [3.63, 3.8) is 0 Å². The molecular formula is C20H21NO4S. The summed E-state index contributed by atoms with van der Waals surface area (Å²) in [7, 11) is 0. The molecule has 5 nitrogen and oxygen atoms in total. The quantitative estimate of drug-likeness (QED) is 0.650. The number of Topliss-reactive ketones (excluding diaryl/α,β-unsaturated/α-hetero) is 1. The number of carboxylic acids is 1. The Morgan fingerprint density at radius 3 is 2.12 bits per heavy atom. The van der Waals surface area contributed by atoms with Gasteiger partial charge in [0, 0.05) is 12.1 Å². The molecule has 0 unspecified atom stereocenters. The Hall–Kier alpha value is -2.60. The van der Waals surface area contributed by atoms with Crippen molar-refractivity contribution in [1.82, 2.24) is 4.90 Å². The van der Waals surface area contributed by atoms with Gasteiger partial charge in [-0.1, -0.05) is 60.7 Å². The summed E-state index contributed by atoms with van der Waals surface area (Å²) >= 11 is 1.21. The van der Waals surface area contributed by atoms with Gasteiger partial charge in [-0.2, -0.15) is 0 Å². The van der Waals surface area contributed by atoms with Crippen molar-refractivity contribution >= 4 is 29.4 Å². The van der Waals surface area contributed by atoms with E-state index in [1.807, 2.05) is 36.4 Å². The lowest BCUT2D eigenvalue weighted by atomic mass is 10.1. The first-order valence-corrected chi connectivity index (χ1v) is 9.41. The Bertz CT molecular complexity index is 734. The van der Waals surface area contributed by atoms with Gasteiger partial charge in [-0.15, -0.1) is 11.8 Å². The summed E-state index contributed by atoms with van der Waals surface area (Å²) in [4.78, 5) is 36.8. The third kappa shape index (κ3) is 6.72. The number of carboxylic acid groups (broad SMARTS) is 1. The summed E-state index contributed by atoms with van der Waals surface area (Å²) in [6.45, 7) is 0.00119. The minimum absolute atomic E-state index is 0.0440. The van der Waals surface area contributed by atoms with Crippen LogP contribution in [0.4, 0.5) is 0 Å². The number of carbonyl (C=O) groups excluding carboxylic acids is 2. The summed E-state index contributed by atoms with van der Waals surface area (Å²) in [5.74, 6) is -1.08. The minimum atomic E-state index is -1.04. The number of nitrogens with zero attached hydrogens (tertiary/aromatic N) is 1. The van der Waals surface area contributed by atoms with Crippen molar-refractivity contribution in [2.45, 2.75) is 6.42 Å². The molecule has 1 N–H and O–H groups in total. The predicted molar refractivity (Wildman–Crippen MR) is 102 cm³/mol. The third-order valence-electron chi connectivity index (χ3n) is 3.75. The molecule has 0 radical (unpaired) electrons. The summed E-state index contributed by atoms with van der Waals surface area (Å²) < 4.78 is 0. The van der Waals surface area contributed by atoms with Gasteiger partial charge in [-0.3, -0.25) is 14.4 Å². The number of rotatable bonds is 10. The van der Waals surface area contributed by atoms with Gasteiger partial charge < -0.3 is 10.0 Å². The van der Waals surface area contributed by atoms with Crippen LogP contribution in [0.25, 0.3) is 0 Å². The molecule has 0 heterocycles. The minimum Gasteiger partial charge on any atom is -0.480 e. The Balaban J connectivity index is 1.83. The van der Waals surface area contributed by atoms with Crippen LogP contribution >= 0.6 is 11.8 Å². The second-order valence-electron chi connectivity index (χ2n) is 5.73. The van der Waals surface area contributed by atoms with Gasteiger partial charge in [0.05, 0.1) is 11.5 Å². The molecule has 2 aromatic carbocycles. The van der Waals surface area contributed by atoms with E-state index >= 15 is 0 Å². The molecule has 0 aromatic heterocycles. The molecule has 2 rings (SSSR count). The van der Waals surface area contributed by atoms with E-state index in [1.165, 1.54) is 16.7 Å². The monoisotopic (exact) mass is 371 g/mol. The molecule has 1 amide bonds. The van der Waals surface area contributed by atoms with E-state index in [0.29, 0.717) is 18.5 Å². The van der Waals surface area contributed by atoms with Gasteiger partial charge >= 0.3 is 5.97 Å². The fraction of sp³-hybridized carbons (Fsp3) is 0.250. The van der Waals surface area contributed by atoms with Crippen LogP contribution < -0.4 is 0 Å². The van der Waals surface area contributed by atoms with E-state index in [4.69, 9.17) is 5.11 Å². The van der Waals surface area contributed by atoms with Crippen molar-refractivity contribution in [1.29, 1.82) is 0 Å². The zero-order valence-electron chi connectivity index (χ0n) is 14.3. The number of amides is 1. The maximum absolute atomic E-state index is 12.3. The van der Waals surface area contributed by atoms with Crippen LogP contribution in [0, 0.1) is 0 Å². The molecule has 0 bridgehead atoms. The first kappa shape index (κ1) is 19.7. The van der Waals surface area contributed by atoms with Gasteiger partial charge in [0.2, 0.25) is 5.91 Å². The van der Waals surface area contributed by atoms with Crippen LogP contribution in [-0.2, 0) is 16.0 Å². The number of ketones is 1. The number of hydrogen-bond acceptors (Lipinski definition) is 4. The second-order valence-corrected chi connectivity index (χ2v) is 6.71. The summed E-state index contributed by atoms with van der Waals surface area (Å²) in [6, 6.07) is 18.5. The highest BCUT2D eigenvalue weighted by Crippen LogP contribution is 2.09. The van der Waals surface area contributed by atoms with Crippen LogP contribution in [0.1, 0.15) is 15.9 Å². The van der Waals surface area contributed by atoms with E-state index in [0.717, 1.165) is 5.56 Å². The molecule has 6 heteroatoms. The van der Waals surface area contributed by atoms with Crippen LogP contribution in [0.2, 0.25) is 0 Å². The standard InChI is InChI=1S/C20H21NO4S/c22-18(17-9-5-2-6-10-17)14-26-15-19(23)21(13-20(24)25)12-11-16-7-3-1-4-8-16/h1-10H,11-15H2,(H,24,25). The van der Waals surface area contributed by atoms with Crippen molar-refractivity contribution in [2.24, 2.45) is 0 Å². The van der Waals surface area contributed by atoms with E-state index in [9.17, 15) is 14.4 Å². The summed E-state index contributed by atoms with van der Waals surface area (Å²) in [6.07, 6.45) is 0.591. The summed E-state index contributed by atoms with van der Waals surface area (Å²) in [5.41, 5.74) is 1.65. The normalized spacial score (nSPS) is 10.3. The molecule has 0 aliphatic carbocycles. The topological polar surface area (TPSA) is 74.7 Å². The van der Waals surface area contributed by atoms with E-state index in [2.05, 4.69) is 0 Å². The first-order valence-electron chi connectivity index (χ1n) is 8.25. The molecule has 0 atom stereocenters. The highest BCUT2D eigenvalue weighted by molar-refractivity contribution is 8.00. The van der Waals surface area contributed by atoms with Gasteiger partial charge in [-0.05, 0) is 12.0 Å². The maximum atomic E-state index is 12.3. The lowest BCUT2D eigenvalue weighted by Crippen LogP contribution is -2.38. The Labute approximate surface area is 157 Å². The molecule has 0 saturated heterocycles. The Morgan fingerprint density at radius 1 is 0.885 bits per heavy atom. The Morgan fingerprint density at radius 2 is 1.50 bits per heavy atom. The third-order valence-corrected chi connectivity index (χ3v) is 4.66. The van der Waals surface area contributed by atoms with Gasteiger partial charge in [0.25, 0.3) is 0 Å². The highest BCUT2D eigenvalue weighted by atomic mass is 32.2. The molecule has 0 aliphatic rings. The Kier molecular flexibility index (Phi) is 7.89. The smallest absolute Gasteiger partial charge is 0.323 e. The molecule has 0 spiro atoms. The first-order chi connectivity index (χ1) is 12.6. The van der Waals surface area contributed by atoms with Gasteiger partial charge in [0.1, 0.15) is 6.54 Å². The average molecular weight is 371 g/mol. The highest BCUT2D eigenvalue weighted by Gasteiger charge is 2.17. The number of carbonyl (C=O) groups is 3. The molecule has 0 saturated carbocycles. The van der Waals surface area contributed by atoms with Gasteiger partial charge in [-0.25, -0.2) is 0 Å². The number of aliphatic carboxylic acids is 1. The number of benzene rings is 2. The largest absolute Gasteiger partial charge is 0.480 e. The lowest BCUT2D eigenvalue weighted by molar-refractivity contribution is -0.143. The van der Waals surface area contributed by atoms with Crippen molar-refractivity contribution < 1.29 is 19.5 Å². The average Bonchev–Trinajstić information content (AvgIpc) is 2.66. The maximum Gasteiger partial charge on any atom is 0.323 e. The van der Waals surface area contributed by atoms with E-state index < -0.39 is 5.97 Å². The summed E-state index contributed by atoms with van der Waals surface area (Å²) in [5, 5.41) is 9.04. The van der Waals surface area contributed by atoms with Crippen LogP contribution in [0.3, 0.4) is 0 Å². The zero-order chi connectivity index (χ0) is 18.8. The van der Waals surface area contributed by atoms with Crippen molar-refractivity contribution in [2.75, 3.05) is 24.6 Å². The van der Waals surface area contributed by atoms with E-state index in [1.54, 1.807) is 24.3 Å². The van der Waals surface area contributed by atoms with Crippen LogP contribution in [-0.4, -0.2) is 52.3 Å². The molecular weight excluding hydrogens is 350 g/mol. The lowest BCUT2D eigenvalue weighted by Gasteiger charge is -2.20. The molecule has 136 valence electrons. The predicted octanol–water partition coefficient (Wildman–Crippen LogP) is 2.76. The van der Waals surface area contributed by atoms with Gasteiger partial charge in [0.15, 0.2) is 5.78 Å². The van der Waals surface area contributed by atoms with Crippen molar-refractivity contribution in [3.05, 3.63) is 71.8 Å². The SMILES string of the molecule is O=C(O)CN(CCc1ccccc1)C(=O)CSCC(=O)c1ccccc1. The molecule has 0 aliphatic heterocycles. The number of hydrogen-bond donors (Lipinski definition) is 1.